The first kappa shape index (κ1) is 14.1. The van der Waals surface area contributed by atoms with E-state index < -0.39 is 0 Å². The van der Waals surface area contributed by atoms with Gasteiger partial charge in [0.05, 0.1) is 0 Å². The molecule has 1 N–H and O–H groups in total. The van der Waals surface area contributed by atoms with Gasteiger partial charge < -0.3 is 5.32 Å². The van der Waals surface area contributed by atoms with Gasteiger partial charge in [-0.05, 0) is 50.5 Å². The third kappa shape index (κ3) is 3.58. The van der Waals surface area contributed by atoms with E-state index in [-0.39, 0.29) is 6.04 Å². The number of benzene rings is 1. The van der Waals surface area contributed by atoms with Gasteiger partial charge in [-0.3, -0.25) is 0 Å². The first-order valence-corrected chi connectivity index (χ1v) is 6.78. The first-order chi connectivity index (χ1) is 9.58. The van der Waals surface area contributed by atoms with Gasteiger partial charge in [-0.2, -0.15) is 5.26 Å². The van der Waals surface area contributed by atoms with Gasteiger partial charge in [0.2, 0.25) is 0 Å². The van der Waals surface area contributed by atoms with Crippen LogP contribution < -0.4 is 5.32 Å². The average molecular weight is 265 g/mol. The number of pyridine rings is 1. The summed E-state index contributed by atoms with van der Waals surface area (Å²) < 4.78 is 0. The molecule has 20 heavy (non-hydrogen) atoms. The molecule has 0 fully saturated rings. The molecule has 1 unspecified atom stereocenters. The van der Waals surface area contributed by atoms with Gasteiger partial charge in [-0.25, -0.2) is 4.98 Å². The minimum absolute atomic E-state index is 0.262. The Labute approximate surface area is 120 Å². The number of anilines is 1. The molecule has 1 atom stereocenters. The fraction of sp³-hybridized carbons (Fsp3) is 0.294. The number of rotatable bonds is 4. The van der Waals surface area contributed by atoms with Crippen LogP contribution in [-0.2, 0) is 6.42 Å². The third-order valence-corrected chi connectivity index (χ3v) is 3.28. The molecule has 3 nitrogen and oxygen atoms in total. The Morgan fingerprint density at radius 3 is 2.75 bits per heavy atom. The van der Waals surface area contributed by atoms with E-state index >= 15 is 0 Å². The maximum absolute atomic E-state index is 8.85. The number of aromatic nitrogens is 1. The van der Waals surface area contributed by atoms with E-state index in [0.29, 0.717) is 5.69 Å². The lowest BCUT2D eigenvalue weighted by atomic mass is 10.00. The van der Waals surface area contributed by atoms with Gasteiger partial charge >= 0.3 is 0 Å². The minimum Gasteiger partial charge on any atom is -0.367 e. The van der Waals surface area contributed by atoms with E-state index in [0.717, 1.165) is 12.2 Å². The average Bonchev–Trinajstić information content (AvgIpc) is 2.42. The van der Waals surface area contributed by atoms with Crippen molar-refractivity contribution < 1.29 is 0 Å². The zero-order valence-electron chi connectivity index (χ0n) is 12.1. The van der Waals surface area contributed by atoms with Gasteiger partial charge in [0.1, 0.15) is 17.6 Å². The molecular formula is C17H19N3. The molecule has 3 heteroatoms. The second kappa shape index (κ2) is 6.21. The Bertz CT molecular complexity index is 641. The number of nitrogens with one attached hydrogen (secondary N) is 1. The number of aryl methyl sites for hydroxylation is 2. The van der Waals surface area contributed by atoms with E-state index in [2.05, 4.69) is 55.3 Å². The lowest BCUT2D eigenvalue weighted by Gasteiger charge is -2.16. The summed E-state index contributed by atoms with van der Waals surface area (Å²) in [6.45, 7) is 6.37. The van der Waals surface area contributed by atoms with Crippen molar-refractivity contribution in [1.29, 1.82) is 5.26 Å². The molecule has 2 aromatic rings. The summed E-state index contributed by atoms with van der Waals surface area (Å²) >= 11 is 0. The van der Waals surface area contributed by atoms with Crippen molar-refractivity contribution >= 4 is 5.82 Å². The van der Waals surface area contributed by atoms with Gasteiger partial charge in [-0.15, -0.1) is 0 Å². The summed E-state index contributed by atoms with van der Waals surface area (Å²) in [6, 6.07) is 14.3. The van der Waals surface area contributed by atoms with E-state index in [1.54, 1.807) is 6.07 Å². The molecule has 0 saturated carbocycles. The molecule has 0 radical (unpaired) electrons. The highest BCUT2D eigenvalue weighted by atomic mass is 15.0. The van der Waals surface area contributed by atoms with Crippen LogP contribution in [0.3, 0.4) is 0 Å². The summed E-state index contributed by atoms with van der Waals surface area (Å²) in [6.07, 6.45) is 0.935. The highest BCUT2D eigenvalue weighted by molar-refractivity contribution is 5.40. The van der Waals surface area contributed by atoms with Gasteiger partial charge in [0.25, 0.3) is 0 Å². The van der Waals surface area contributed by atoms with E-state index in [4.69, 9.17) is 5.26 Å². The third-order valence-electron chi connectivity index (χ3n) is 3.28. The molecule has 1 heterocycles. The van der Waals surface area contributed by atoms with Crippen molar-refractivity contribution in [2.45, 2.75) is 33.2 Å². The Morgan fingerprint density at radius 1 is 1.25 bits per heavy atom. The monoisotopic (exact) mass is 265 g/mol. The van der Waals surface area contributed by atoms with Gasteiger partial charge in [0.15, 0.2) is 0 Å². The molecule has 0 aliphatic rings. The molecule has 0 spiro atoms. The van der Waals surface area contributed by atoms with Crippen LogP contribution >= 0.6 is 0 Å². The van der Waals surface area contributed by atoms with Crippen molar-refractivity contribution in [2.24, 2.45) is 0 Å². The maximum Gasteiger partial charge on any atom is 0.142 e. The second-order valence-corrected chi connectivity index (χ2v) is 5.20. The Balaban J connectivity index is 2.05. The molecule has 0 saturated heterocycles. The fourth-order valence-corrected chi connectivity index (χ4v) is 2.29. The quantitative estimate of drug-likeness (QED) is 0.918. The topological polar surface area (TPSA) is 48.7 Å². The normalized spacial score (nSPS) is 11.7. The summed E-state index contributed by atoms with van der Waals surface area (Å²) in [4.78, 5) is 4.24. The van der Waals surface area contributed by atoms with Crippen molar-refractivity contribution in [2.75, 3.05) is 5.32 Å². The predicted octanol–water partition coefficient (Wildman–Crippen LogP) is 3.61. The second-order valence-electron chi connectivity index (χ2n) is 5.20. The number of nitriles is 1. The van der Waals surface area contributed by atoms with E-state index in [1.807, 2.05) is 12.1 Å². The summed E-state index contributed by atoms with van der Waals surface area (Å²) in [7, 11) is 0. The summed E-state index contributed by atoms with van der Waals surface area (Å²) in [5.74, 6) is 0.751. The smallest absolute Gasteiger partial charge is 0.142 e. The zero-order chi connectivity index (χ0) is 14.5. The summed E-state index contributed by atoms with van der Waals surface area (Å²) in [5.41, 5.74) is 4.38. The lowest BCUT2D eigenvalue weighted by Crippen LogP contribution is -2.19. The van der Waals surface area contributed by atoms with Crippen molar-refractivity contribution in [1.82, 2.24) is 4.98 Å². The minimum atomic E-state index is 0.262. The van der Waals surface area contributed by atoms with Crippen LogP contribution in [0.2, 0.25) is 0 Å². The standard InChI is InChI=1S/C17H19N3/c1-12-7-8-15(13(2)9-12)10-14(3)19-17-6-4-5-16(11-18)20-17/h4-9,14H,10H2,1-3H3,(H,19,20). The van der Waals surface area contributed by atoms with Gasteiger partial charge in [0, 0.05) is 6.04 Å². The fourth-order valence-electron chi connectivity index (χ4n) is 2.29. The molecule has 0 aliphatic heterocycles. The molecular weight excluding hydrogens is 246 g/mol. The van der Waals surface area contributed by atoms with Crippen molar-refractivity contribution in [3.63, 3.8) is 0 Å². The molecule has 1 aromatic heterocycles. The zero-order valence-corrected chi connectivity index (χ0v) is 12.1. The molecule has 1 aromatic carbocycles. The molecule has 102 valence electrons. The van der Waals surface area contributed by atoms with Crippen LogP contribution in [0, 0.1) is 25.2 Å². The van der Waals surface area contributed by atoms with Crippen molar-refractivity contribution in [3.8, 4) is 6.07 Å². The maximum atomic E-state index is 8.85. The number of nitrogens with zero attached hydrogens (tertiary/aromatic N) is 2. The van der Waals surface area contributed by atoms with Gasteiger partial charge in [-0.1, -0.05) is 29.8 Å². The largest absolute Gasteiger partial charge is 0.367 e. The Hall–Kier alpha value is -2.34. The molecule has 0 amide bonds. The van der Waals surface area contributed by atoms with Crippen LogP contribution in [-0.4, -0.2) is 11.0 Å². The van der Waals surface area contributed by atoms with Crippen LogP contribution in [0.15, 0.2) is 36.4 Å². The van der Waals surface area contributed by atoms with Crippen LogP contribution in [0.4, 0.5) is 5.82 Å². The number of hydrogen-bond donors (Lipinski definition) is 1. The van der Waals surface area contributed by atoms with Crippen LogP contribution in [0.1, 0.15) is 29.3 Å². The van der Waals surface area contributed by atoms with Crippen molar-refractivity contribution in [3.05, 3.63) is 58.8 Å². The van der Waals surface area contributed by atoms with Crippen LogP contribution in [0.5, 0.6) is 0 Å². The molecule has 0 aliphatic carbocycles. The number of hydrogen-bond acceptors (Lipinski definition) is 3. The molecule has 0 bridgehead atoms. The lowest BCUT2D eigenvalue weighted by molar-refractivity contribution is 0.780. The Morgan fingerprint density at radius 2 is 2.05 bits per heavy atom. The first-order valence-electron chi connectivity index (χ1n) is 6.78. The SMILES string of the molecule is Cc1ccc(CC(C)Nc2cccc(C#N)n2)c(C)c1. The van der Waals surface area contributed by atoms with E-state index in [9.17, 15) is 0 Å². The van der Waals surface area contributed by atoms with E-state index in [1.165, 1.54) is 16.7 Å². The highest BCUT2D eigenvalue weighted by Gasteiger charge is 2.07. The Kier molecular flexibility index (Phi) is 4.37. The summed E-state index contributed by atoms with van der Waals surface area (Å²) in [5, 5.41) is 12.2. The van der Waals surface area contributed by atoms with Crippen LogP contribution in [0.25, 0.3) is 0 Å². The molecule has 2 rings (SSSR count). The highest BCUT2D eigenvalue weighted by Crippen LogP contribution is 2.14. The predicted molar refractivity (Wildman–Crippen MR) is 81.7 cm³/mol.